The van der Waals surface area contributed by atoms with Crippen LogP contribution in [0.5, 0.6) is 0 Å². The van der Waals surface area contributed by atoms with Gasteiger partial charge in [-0.3, -0.25) is 0 Å². The molecule has 0 aliphatic carbocycles. The van der Waals surface area contributed by atoms with Crippen LogP contribution in [-0.2, 0) is 6.54 Å². The van der Waals surface area contributed by atoms with Gasteiger partial charge >= 0.3 is 0 Å². The first-order valence-corrected chi connectivity index (χ1v) is 8.29. The number of anilines is 1. The highest BCUT2D eigenvalue weighted by Crippen LogP contribution is 2.19. The fourth-order valence-corrected chi connectivity index (χ4v) is 2.51. The standard InChI is InChI=1S/C18H32N2/c1-5-13-19-14-17-9-11-18(12-10-17)20(8-4)15-16(6-2)7-3/h9-12,16,19H,5-8,13-15H2,1-4H3. The van der Waals surface area contributed by atoms with Crippen LogP contribution in [0.4, 0.5) is 5.69 Å². The molecule has 0 spiro atoms. The molecule has 0 atom stereocenters. The summed E-state index contributed by atoms with van der Waals surface area (Å²) in [6.07, 6.45) is 3.73. The van der Waals surface area contributed by atoms with Gasteiger partial charge in [-0.05, 0) is 43.5 Å². The van der Waals surface area contributed by atoms with Crippen LogP contribution < -0.4 is 10.2 Å². The van der Waals surface area contributed by atoms with Gasteiger partial charge in [-0.2, -0.15) is 0 Å². The monoisotopic (exact) mass is 276 g/mol. The summed E-state index contributed by atoms with van der Waals surface area (Å²) in [5.41, 5.74) is 2.74. The first kappa shape index (κ1) is 17.0. The van der Waals surface area contributed by atoms with E-state index >= 15 is 0 Å². The third kappa shape index (κ3) is 5.54. The van der Waals surface area contributed by atoms with Crippen LogP contribution >= 0.6 is 0 Å². The quantitative estimate of drug-likeness (QED) is 0.635. The van der Waals surface area contributed by atoms with Crippen molar-refractivity contribution in [1.29, 1.82) is 0 Å². The van der Waals surface area contributed by atoms with Crippen LogP contribution in [0.2, 0.25) is 0 Å². The summed E-state index contributed by atoms with van der Waals surface area (Å²) in [4.78, 5) is 2.50. The summed E-state index contributed by atoms with van der Waals surface area (Å²) in [6, 6.07) is 9.06. The lowest BCUT2D eigenvalue weighted by Crippen LogP contribution is -2.28. The van der Waals surface area contributed by atoms with Crippen LogP contribution in [0.15, 0.2) is 24.3 Å². The van der Waals surface area contributed by atoms with Gasteiger partial charge in [0.2, 0.25) is 0 Å². The molecule has 0 aliphatic heterocycles. The number of benzene rings is 1. The highest BCUT2D eigenvalue weighted by atomic mass is 15.1. The molecule has 114 valence electrons. The molecule has 0 saturated carbocycles. The summed E-state index contributed by atoms with van der Waals surface area (Å²) < 4.78 is 0. The fourth-order valence-electron chi connectivity index (χ4n) is 2.51. The summed E-state index contributed by atoms with van der Waals surface area (Å²) in [5, 5.41) is 3.45. The highest BCUT2D eigenvalue weighted by molar-refractivity contribution is 5.47. The molecule has 20 heavy (non-hydrogen) atoms. The Morgan fingerprint density at radius 1 is 1.00 bits per heavy atom. The molecular formula is C18H32N2. The van der Waals surface area contributed by atoms with Crippen molar-refractivity contribution in [2.45, 2.75) is 53.5 Å². The molecule has 1 aromatic carbocycles. The largest absolute Gasteiger partial charge is 0.372 e. The van der Waals surface area contributed by atoms with Crippen molar-refractivity contribution < 1.29 is 0 Å². The molecule has 0 bridgehead atoms. The molecule has 2 nitrogen and oxygen atoms in total. The average molecular weight is 276 g/mol. The smallest absolute Gasteiger partial charge is 0.0366 e. The molecule has 0 radical (unpaired) electrons. The summed E-state index contributed by atoms with van der Waals surface area (Å²) in [5.74, 6) is 0.806. The molecule has 0 fully saturated rings. The number of nitrogens with zero attached hydrogens (tertiary/aromatic N) is 1. The van der Waals surface area contributed by atoms with Gasteiger partial charge in [0, 0.05) is 25.3 Å². The van der Waals surface area contributed by atoms with E-state index in [9.17, 15) is 0 Å². The minimum absolute atomic E-state index is 0.806. The molecule has 0 aliphatic rings. The van der Waals surface area contributed by atoms with E-state index in [2.05, 4.69) is 62.2 Å². The Morgan fingerprint density at radius 3 is 2.15 bits per heavy atom. The first-order valence-electron chi connectivity index (χ1n) is 8.29. The van der Waals surface area contributed by atoms with Crippen molar-refractivity contribution in [3.63, 3.8) is 0 Å². The van der Waals surface area contributed by atoms with E-state index in [4.69, 9.17) is 0 Å². The zero-order chi connectivity index (χ0) is 14.8. The van der Waals surface area contributed by atoms with Crippen molar-refractivity contribution in [2.75, 3.05) is 24.5 Å². The van der Waals surface area contributed by atoms with Crippen LogP contribution in [0.25, 0.3) is 0 Å². The normalized spacial score (nSPS) is 11.1. The number of hydrogen-bond donors (Lipinski definition) is 1. The second-order valence-electron chi connectivity index (χ2n) is 5.56. The molecule has 1 aromatic rings. The molecule has 1 rings (SSSR count). The summed E-state index contributed by atoms with van der Waals surface area (Å²) in [7, 11) is 0. The molecule has 0 saturated heterocycles. The Hall–Kier alpha value is -1.02. The lowest BCUT2D eigenvalue weighted by atomic mass is 10.0. The van der Waals surface area contributed by atoms with Gasteiger partial charge < -0.3 is 10.2 Å². The second-order valence-corrected chi connectivity index (χ2v) is 5.56. The minimum atomic E-state index is 0.806. The molecule has 2 heteroatoms. The Bertz CT molecular complexity index is 341. The van der Waals surface area contributed by atoms with Crippen molar-refractivity contribution in [3.8, 4) is 0 Å². The maximum atomic E-state index is 3.45. The Balaban J connectivity index is 2.59. The first-order chi connectivity index (χ1) is 9.74. The summed E-state index contributed by atoms with van der Waals surface area (Å²) in [6.45, 7) is 13.4. The number of nitrogens with one attached hydrogen (secondary N) is 1. The Morgan fingerprint density at radius 2 is 1.65 bits per heavy atom. The fraction of sp³-hybridized carbons (Fsp3) is 0.667. The van der Waals surface area contributed by atoms with Crippen molar-refractivity contribution in [1.82, 2.24) is 5.32 Å². The molecule has 0 heterocycles. The van der Waals surface area contributed by atoms with Gasteiger partial charge in [0.25, 0.3) is 0 Å². The maximum Gasteiger partial charge on any atom is 0.0366 e. The van der Waals surface area contributed by atoms with Crippen molar-refractivity contribution in [2.24, 2.45) is 5.92 Å². The van der Waals surface area contributed by atoms with Gasteiger partial charge in [-0.15, -0.1) is 0 Å². The molecule has 0 unspecified atom stereocenters. The zero-order valence-corrected chi connectivity index (χ0v) is 13.8. The van der Waals surface area contributed by atoms with Gasteiger partial charge in [-0.1, -0.05) is 45.7 Å². The highest BCUT2D eigenvalue weighted by Gasteiger charge is 2.10. The van der Waals surface area contributed by atoms with Crippen molar-refractivity contribution in [3.05, 3.63) is 29.8 Å². The Labute approximate surface area is 125 Å². The van der Waals surface area contributed by atoms with Gasteiger partial charge in [0.05, 0.1) is 0 Å². The van der Waals surface area contributed by atoms with Gasteiger partial charge in [-0.25, -0.2) is 0 Å². The Kier molecular flexibility index (Phi) is 8.36. The van der Waals surface area contributed by atoms with E-state index in [0.717, 1.165) is 25.6 Å². The van der Waals surface area contributed by atoms with E-state index in [1.165, 1.54) is 37.1 Å². The van der Waals surface area contributed by atoms with Gasteiger partial charge in [0.15, 0.2) is 0 Å². The second kappa shape index (κ2) is 9.82. The van der Waals surface area contributed by atoms with E-state index < -0.39 is 0 Å². The third-order valence-electron chi connectivity index (χ3n) is 4.07. The van der Waals surface area contributed by atoms with Gasteiger partial charge in [0.1, 0.15) is 0 Å². The molecular weight excluding hydrogens is 244 g/mol. The average Bonchev–Trinajstić information content (AvgIpc) is 2.50. The molecule has 0 aromatic heterocycles. The van der Waals surface area contributed by atoms with Crippen LogP contribution in [-0.4, -0.2) is 19.6 Å². The predicted octanol–water partition coefficient (Wildman–Crippen LogP) is 4.45. The topological polar surface area (TPSA) is 15.3 Å². The van der Waals surface area contributed by atoms with E-state index in [-0.39, 0.29) is 0 Å². The SMILES string of the molecule is CCCNCc1ccc(N(CC)CC(CC)CC)cc1. The van der Waals surface area contributed by atoms with Crippen LogP contribution in [0, 0.1) is 5.92 Å². The number of hydrogen-bond acceptors (Lipinski definition) is 2. The predicted molar refractivity (Wildman–Crippen MR) is 90.4 cm³/mol. The lowest BCUT2D eigenvalue weighted by molar-refractivity contribution is 0.486. The lowest BCUT2D eigenvalue weighted by Gasteiger charge is -2.27. The van der Waals surface area contributed by atoms with Crippen LogP contribution in [0.3, 0.4) is 0 Å². The zero-order valence-electron chi connectivity index (χ0n) is 13.8. The minimum Gasteiger partial charge on any atom is -0.372 e. The van der Waals surface area contributed by atoms with E-state index in [0.29, 0.717) is 0 Å². The third-order valence-corrected chi connectivity index (χ3v) is 4.07. The van der Waals surface area contributed by atoms with E-state index in [1.54, 1.807) is 0 Å². The van der Waals surface area contributed by atoms with E-state index in [1.807, 2.05) is 0 Å². The maximum absolute atomic E-state index is 3.45. The molecule has 1 N–H and O–H groups in total. The molecule has 0 amide bonds. The van der Waals surface area contributed by atoms with Crippen LogP contribution in [0.1, 0.15) is 52.5 Å². The summed E-state index contributed by atoms with van der Waals surface area (Å²) >= 11 is 0. The van der Waals surface area contributed by atoms with Crippen molar-refractivity contribution >= 4 is 5.69 Å². The number of rotatable bonds is 10.